The Kier molecular flexibility index (Phi) is 2.20. The highest BCUT2D eigenvalue weighted by molar-refractivity contribution is 5.74. The number of aliphatic hydroxyl groups excluding tert-OH is 1. The molecule has 1 unspecified atom stereocenters. The molecule has 1 spiro atoms. The Morgan fingerprint density at radius 1 is 1.26 bits per heavy atom. The molecule has 1 N–H and O–H groups in total. The van der Waals surface area contributed by atoms with Gasteiger partial charge in [-0.1, -0.05) is 0 Å². The molecule has 4 rings (SSSR count). The average Bonchev–Trinajstić information content (AvgIpc) is 2.88. The van der Waals surface area contributed by atoms with Crippen molar-refractivity contribution in [3.05, 3.63) is 0 Å². The number of hydrogen-bond donors (Lipinski definition) is 1. The van der Waals surface area contributed by atoms with Crippen molar-refractivity contribution in [3.63, 3.8) is 0 Å². The molecule has 0 aliphatic carbocycles. The summed E-state index contributed by atoms with van der Waals surface area (Å²) in [7, 11) is 0. The van der Waals surface area contributed by atoms with Crippen LogP contribution in [0.2, 0.25) is 0 Å². The maximum Gasteiger partial charge on any atom is 0.309 e. The molecule has 0 aromatic rings. The summed E-state index contributed by atoms with van der Waals surface area (Å²) in [5, 5.41) is 10.0. The Bertz CT molecular complexity index is 436. The van der Waals surface area contributed by atoms with E-state index < -0.39 is 42.1 Å². The number of ether oxygens (including phenoxy) is 5. The van der Waals surface area contributed by atoms with Gasteiger partial charge in [-0.15, -0.1) is 0 Å². The fourth-order valence-corrected chi connectivity index (χ4v) is 3.53. The molecular formula is C12H16O7. The molecule has 0 amide bonds. The Labute approximate surface area is 109 Å². The van der Waals surface area contributed by atoms with Gasteiger partial charge in [0.1, 0.15) is 18.3 Å². The smallest absolute Gasteiger partial charge is 0.309 e. The highest BCUT2D eigenvalue weighted by Gasteiger charge is 2.74. The Morgan fingerprint density at radius 3 is 2.84 bits per heavy atom. The number of esters is 1. The van der Waals surface area contributed by atoms with Gasteiger partial charge in [-0.2, -0.15) is 0 Å². The molecule has 7 nitrogen and oxygen atoms in total. The van der Waals surface area contributed by atoms with Crippen LogP contribution in [0.25, 0.3) is 0 Å². The number of fused-ring (bicyclic) bond motifs is 1. The summed E-state index contributed by atoms with van der Waals surface area (Å²) in [4.78, 5) is 11.7. The van der Waals surface area contributed by atoms with E-state index in [1.165, 1.54) is 0 Å². The first-order valence-corrected chi connectivity index (χ1v) is 6.45. The SMILES string of the molecule is CC1(C)O[C@H]2O[C@@H]3C(O)CO[C@H]4CC(=O)O[C@]43[C@H]2O1. The molecule has 4 saturated heterocycles. The van der Waals surface area contributed by atoms with Crippen molar-refractivity contribution >= 4 is 5.97 Å². The van der Waals surface area contributed by atoms with Crippen LogP contribution in [0.4, 0.5) is 0 Å². The van der Waals surface area contributed by atoms with E-state index in [9.17, 15) is 9.90 Å². The van der Waals surface area contributed by atoms with E-state index >= 15 is 0 Å². The van der Waals surface area contributed by atoms with Crippen molar-refractivity contribution in [2.24, 2.45) is 0 Å². The lowest BCUT2D eigenvalue weighted by Gasteiger charge is -2.42. The van der Waals surface area contributed by atoms with Gasteiger partial charge in [-0.05, 0) is 13.8 Å². The lowest BCUT2D eigenvalue weighted by molar-refractivity contribution is -0.275. The van der Waals surface area contributed by atoms with Gasteiger partial charge < -0.3 is 28.8 Å². The minimum Gasteiger partial charge on any atom is -0.450 e. The topological polar surface area (TPSA) is 83.5 Å². The van der Waals surface area contributed by atoms with Crippen molar-refractivity contribution in [2.45, 2.75) is 62.4 Å². The van der Waals surface area contributed by atoms with Gasteiger partial charge in [-0.25, -0.2) is 0 Å². The molecule has 0 saturated carbocycles. The molecule has 0 radical (unpaired) electrons. The quantitative estimate of drug-likeness (QED) is 0.584. The Morgan fingerprint density at radius 2 is 2.05 bits per heavy atom. The summed E-state index contributed by atoms with van der Waals surface area (Å²) < 4.78 is 28.3. The molecule has 4 aliphatic rings. The van der Waals surface area contributed by atoms with Crippen LogP contribution in [-0.2, 0) is 28.5 Å². The summed E-state index contributed by atoms with van der Waals surface area (Å²) >= 11 is 0. The highest BCUT2D eigenvalue weighted by atomic mass is 16.9. The van der Waals surface area contributed by atoms with Crippen molar-refractivity contribution in [2.75, 3.05) is 6.61 Å². The van der Waals surface area contributed by atoms with Crippen molar-refractivity contribution in [1.82, 2.24) is 0 Å². The van der Waals surface area contributed by atoms with Crippen molar-refractivity contribution in [3.8, 4) is 0 Å². The van der Waals surface area contributed by atoms with Gasteiger partial charge >= 0.3 is 5.97 Å². The summed E-state index contributed by atoms with van der Waals surface area (Å²) in [6.45, 7) is 3.66. The van der Waals surface area contributed by atoms with E-state index in [1.54, 1.807) is 13.8 Å². The fourth-order valence-electron chi connectivity index (χ4n) is 3.53. The van der Waals surface area contributed by atoms with E-state index in [1.807, 2.05) is 0 Å². The Balaban J connectivity index is 1.76. The van der Waals surface area contributed by atoms with Gasteiger partial charge in [0.15, 0.2) is 23.8 Å². The first kappa shape index (κ1) is 12.0. The molecule has 7 heteroatoms. The second-order valence-corrected chi connectivity index (χ2v) is 5.90. The molecule has 6 atom stereocenters. The minimum absolute atomic E-state index is 0.122. The van der Waals surface area contributed by atoms with Gasteiger partial charge in [0, 0.05) is 0 Å². The largest absolute Gasteiger partial charge is 0.450 e. The Hall–Kier alpha value is -0.730. The van der Waals surface area contributed by atoms with Crippen LogP contribution in [0, 0.1) is 0 Å². The molecule has 0 aromatic carbocycles. The van der Waals surface area contributed by atoms with Gasteiger partial charge in [0.25, 0.3) is 0 Å². The predicted octanol–water partition coefficient (Wildman–Crippen LogP) is -0.692. The van der Waals surface area contributed by atoms with E-state index in [0.717, 1.165) is 0 Å². The zero-order valence-corrected chi connectivity index (χ0v) is 10.7. The van der Waals surface area contributed by atoms with Crippen LogP contribution >= 0.6 is 0 Å². The molecule has 0 aromatic heterocycles. The maximum atomic E-state index is 11.7. The molecule has 4 heterocycles. The number of aliphatic hydroxyl groups is 1. The zero-order valence-electron chi connectivity index (χ0n) is 10.7. The second-order valence-electron chi connectivity index (χ2n) is 5.90. The van der Waals surface area contributed by atoms with Gasteiger partial charge in [-0.3, -0.25) is 4.79 Å². The van der Waals surface area contributed by atoms with E-state index in [-0.39, 0.29) is 19.0 Å². The van der Waals surface area contributed by atoms with Crippen LogP contribution in [0.15, 0.2) is 0 Å². The van der Waals surface area contributed by atoms with Crippen LogP contribution in [0.1, 0.15) is 20.3 Å². The number of hydrogen-bond acceptors (Lipinski definition) is 7. The first-order chi connectivity index (χ1) is 8.92. The average molecular weight is 272 g/mol. The number of rotatable bonds is 0. The van der Waals surface area contributed by atoms with Crippen LogP contribution < -0.4 is 0 Å². The van der Waals surface area contributed by atoms with E-state index in [0.29, 0.717) is 0 Å². The standard InChI is InChI=1S/C12H16O7/c1-11(2)18-9-10(19-11)16-8-5(13)4-15-6-3-7(14)17-12(6,8)9/h5-6,8-10,13H,3-4H2,1-2H3/t5?,6-,8+,9-,10+,12+/m0/s1. The number of carbonyl (C=O) groups is 1. The summed E-state index contributed by atoms with van der Waals surface area (Å²) in [6.07, 6.45) is -3.05. The molecule has 4 fully saturated rings. The summed E-state index contributed by atoms with van der Waals surface area (Å²) in [6, 6.07) is 0. The molecule has 4 aliphatic heterocycles. The summed E-state index contributed by atoms with van der Waals surface area (Å²) in [5.74, 6) is -1.17. The first-order valence-electron chi connectivity index (χ1n) is 6.45. The van der Waals surface area contributed by atoms with E-state index in [2.05, 4.69) is 0 Å². The molecular weight excluding hydrogens is 256 g/mol. The fraction of sp³-hybridized carbons (Fsp3) is 0.917. The molecule has 106 valence electrons. The third-order valence-electron chi connectivity index (χ3n) is 4.19. The molecule has 0 bridgehead atoms. The third-order valence-corrected chi connectivity index (χ3v) is 4.19. The van der Waals surface area contributed by atoms with Gasteiger partial charge in [0.05, 0.1) is 13.0 Å². The monoisotopic (exact) mass is 272 g/mol. The lowest BCUT2D eigenvalue weighted by atomic mass is 9.82. The summed E-state index contributed by atoms with van der Waals surface area (Å²) in [5.41, 5.74) is -1.09. The van der Waals surface area contributed by atoms with Crippen molar-refractivity contribution in [1.29, 1.82) is 0 Å². The van der Waals surface area contributed by atoms with Crippen LogP contribution in [0.5, 0.6) is 0 Å². The minimum atomic E-state index is -1.09. The van der Waals surface area contributed by atoms with Crippen molar-refractivity contribution < 1.29 is 33.6 Å². The normalized spacial score (nSPS) is 54.5. The van der Waals surface area contributed by atoms with E-state index in [4.69, 9.17) is 23.7 Å². The lowest BCUT2D eigenvalue weighted by Crippen LogP contribution is -2.64. The third kappa shape index (κ3) is 1.42. The van der Waals surface area contributed by atoms with Crippen LogP contribution in [-0.4, -0.2) is 59.8 Å². The number of carbonyl (C=O) groups excluding carboxylic acids is 1. The predicted molar refractivity (Wildman–Crippen MR) is 57.9 cm³/mol. The zero-order chi connectivity index (χ0) is 13.4. The maximum absolute atomic E-state index is 11.7. The highest BCUT2D eigenvalue weighted by Crippen LogP contribution is 2.52. The second kappa shape index (κ2) is 3.48. The van der Waals surface area contributed by atoms with Crippen LogP contribution in [0.3, 0.4) is 0 Å². The molecule has 19 heavy (non-hydrogen) atoms. The van der Waals surface area contributed by atoms with Gasteiger partial charge in [0.2, 0.25) is 0 Å².